The molecule has 0 saturated carbocycles. The first-order valence-electron chi connectivity index (χ1n) is 10.7. The van der Waals surface area contributed by atoms with E-state index in [1.165, 1.54) is 24.3 Å². The lowest BCUT2D eigenvalue weighted by atomic mass is 9.98. The first-order chi connectivity index (χ1) is 15.7. The van der Waals surface area contributed by atoms with Crippen molar-refractivity contribution < 1.29 is 18.7 Å². The molecule has 33 heavy (non-hydrogen) atoms. The summed E-state index contributed by atoms with van der Waals surface area (Å²) in [6.07, 6.45) is 0.506. The number of aromatic nitrogens is 2. The molecule has 3 aromatic rings. The molecule has 0 aliphatic carbocycles. The lowest BCUT2D eigenvalue weighted by Crippen LogP contribution is -2.42. The Hall–Kier alpha value is -2.97. The minimum absolute atomic E-state index is 0.0201. The van der Waals surface area contributed by atoms with Gasteiger partial charge >= 0.3 is 0 Å². The highest BCUT2D eigenvalue weighted by atomic mass is 35.5. The highest BCUT2D eigenvalue weighted by Crippen LogP contribution is 2.34. The Morgan fingerprint density at radius 2 is 1.94 bits per heavy atom. The number of carbonyl (C=O) groups is 1. The number of nitrogens with zero attached hydrogens (tertiary/aromatic N) is 3. The normalized spacial score (nSPS) is 15.2. The van der Waals surface area contributed by atoms with Gasteiger partial charge in [-0.05, 0) is 55.8 Å². The Bertz CT molecular complexity index is 1180. The van der Waals surface area contributed by atoms with Crippen LogP contribution in [0.1, 0.15) is 32.5 Å². The van der Waals surface area contributed by atoms with E-state index in [-0.39, 0.29) is 29.7 Å². The van der Waals surface area contributed by atoms with Crippen LogP contribution in [0.25, 0.3) is 11.3 Å². The van der Waals surface area contributed by atoms with Crippen LogP contribution in [-0.2, 0) is 17.9 Å². The molecule has 6 nitrogen and oxygen atoms in total. The number of halogens is 3. The molecule has 9 heteroatoms. The lowest BCUT2D eigenvalue weighted by molar-refractivity contribution is -0.137. The Balaban J connectivity index is 1.69. The standard InChI is InChI=1S/C24H25ClF2N4O2/c1-3-24(2,33)13-21(32)30-10-11-31-20(14-30)29-22(15-4-6-16(26)7-5-15)23(31)28-17-8-9-18(25)19(27)12-17/h4-9,12,28,33H,3,10-11,13-14H2,1-2H3. The molecule has 2 aromatic carbocycles. The molecule has 0 fully saturated rings. The summed E-state index contributed by atoms with van der Waals surface area (Å²) in [4.78, 5) is 19.2. The maximum absolute atomic E-state index is 14.0. The zero-order valence-corrected chi connectivity index (χ0v) is 19.2. The average molecular weight is 475 g/mol. The van der Waals surface area contributed by atoms with E-state index in [4.69, 9.17) is 16.6 Å². The van der Waals surface area contributed by atoms with Gasteiger partial charge in [0.1, 0.15) is 29.0 Å². The SMILES string of the molecule is CCC(C)(O)CC(=O)N1CCn2c(nc(-c3ccc(F)cc3)c2Nc2ccc(Cl)c(F)c2)C1. The second kappa shape index (κ2) is 9.11. The van der Waals surface area contributed by atoms with Gasteiger partial charge in [-0.1, -0.05) is 18.5 Å². The number of imidazole rings is 1. The lowest BCUT2D eigenvalue weighted by Gasteiger charge is -2.31. The van der Waals surface area contributed by atoms with Gasteiger partial charge in [0.05, 0.1) is 23.6 Å². The smallest absolute Gasteiger partial charge is 0.225 e. The van der Waals surface area contributed by atoms with Crippen molar-refractivity contribution in [1.82, 2.24) is 14.5 Å². The minimum Gasteiger partial charge on any atom is -0.390 e. The summed E-state index contributed by atoms with van der Waals surface area (Å²) in [6, 6.07) is 10.4. The summed E-state index contributed by atoms with van der Waals surface area (Å²) in [5.41, 5.74) is 0.673. The van der Waals surface area contributed by atoms with Gasteiger partial charge in [-0.2, -0.15) is 0 Å². The Morgan fingerprint density at radius 3 is 2.61 bits per heavy atom. The molecule has 2 heterocycles. The van der Waals surface area contributed by atoms with E-state index >= 15 is 0 Å². The highest BCUT2D eigenvalue weighted by molar-refractivity contribution is 6.30. The second-order valence-corrected chi connectivity index (χ2v) is 8.89. The molecule has 0 bridgehead atoms. The van der Waals surface area contributed by atoms with E-state index in [2.05, 4.69) is 5.32 Å². The first kappa shape index (κ1) is 23.2. The number of rotatable bonds is 6. The van der Waals surface area contributed by atoms with Crippen LogP contribution >= 0.6 is 11.6 Å². The number of aliphatic hydroxyl groups is 1. The highest BCUT2D eigenvalue weighted by Gasteiger charge is 2.30. The molecule has 0 saturated heterocycles. The molecule has 1 aromatic heterocycles. The summed E-state index contributed by atoms with van der Waals surface area (Å²) < 4.78 is 29.5. The van der Waals surface area contributed by atoms with Crippen molar-refractivity contribution >= 4 is 29.0 Å². The number of fused-ring (bicyclic) bond motifs is 1. The van der Waals surface area contributed by atoms with E-state index in [1.807, 2.05) is 11.5 Å². The van der Waals surface area contributed by atoms with Gasteiger partial charge < -0.3 is 19.9 Å². The number of hydrogen-bond donors (Lipinski definition) is 2. The second-order valence-electron chi connectivity index (χ2n) is 8.48. The zero-order valence-electron chi connectivity index (χ0n) is 18.4. The molecular weight excluding hydrogens is 450 g/mol. The van der Waals surface area contributed by atoms with Crippen LogP contribution < -0.4 is 5.32 Å². The van der Waals surface area contributed by atoms with Crippen molar-refractivity contribution in [1.29, 1.82) is 0 Å². The zero-order chi connectivity index (χ0) is 23.8. The molecule has 0 spiro atoms. The number of benzene rings is 2. The van der Waals surface area contributed by atoms with Gasteiger partial charge in [0.25, 0.3) is 0 Å². The maximum atomic E-state index is 14.0. The summed E-state index contributed by atoms with van der Waals surface area (Å²) >= 11 is 5.81. The van der Waals surface area contributed by atoms with Crippen LogP contribution in [0, 0.1) is 11.6 Å². The van der Waals surface area contributed by atoms with E-state index < -0.39 is 11.4 Å². The van der Waals surface area contributed by atoms with E-state index in [0.29, 0.717) is 48.1 Å². The van der Waals surface area contributed by atoms with Crippen molar-refractivity contribution in [2.24, 2.45) is 0 Å². The molecule has 1 unspecified atom stereocenters. The van der Waals surface area contributed by atoms with Gasteiger partial charge in [-0.3, -0.25) is 4.79 Å². The van der Waals surface area contributed by atoms with Gasteiger partial charge in [0.2, 0.25) is 5.91 Å². The van der Waals surface area contributed by atoms with Crippen LogP contribution in [0.3, 0.4) is 0 Å². The van der Waals surface area contributed by atoms with Crippen molar-refractivity contribution in [3.05, 3.63) is 64.9 Å². The van der Waals surface area contributed by atoms with Crippen molar-refractivity contribution in [3.63, 3.8) is 0 Å². The Labute approximate surface area is 195 Å². The third-order valence-corrected chi connectivity index (χ3v) is 6.23. The fourth-order valence-electron chi connectivity index (χ4n) is 3.75. The van der Waals surface area contributed by atoms with Gasteiger partial charge in [0.15, 0.2) is 0 Å². The molecule has 1 aliphatic rings. The minimum atomic E-state index is -1.06. The van der Waals surface area contributed by atoms with Gasteiger partial charge in [-0.15, -0.1) is 0 Å². The monoisotopic (exact) mass is 474 g/mol. The van der Waals surface area contributed by atoms with Crippen molar-refractivity contribution in [2.75, 3.05) is 11.9 Å². The predicted molar refractivity (Wildman–Crippen MR) is 123 cm³/mol. The van der Waals surface area contributed by atoms with Crippen LogP contribution in [0.15, 0.2) is 42.5 Å². The van der Waals surface area contributed by atoms with Crippen molar-refractivity contribution in [3.8, 4) is 11.3 Å². The van der Waals surface area contributed by atoms with Crippen LogP contribution in [0.5, 0.6) is 0 Å². The van der Waals surface area contributed by atoms with E-state index in [1.54, 1.807) is 30.0 Å². The quantitative estimate of drug-likeness (QED) is 0.520. The fourth-order valence-corrected chi connectivity index (χ4v) is 3.87. The van der Waals surface area contributed by atoms with Crippen LogP contribution in [0.4, 0.5) is 20.3 Å². The third kappa shape index (κ3) is 5.02. The predicted octanol–water partition coefficient (Wildman–Crippen LogP) is 5.12. The average Bonchev–Trinajstić information content (AvgIpc) is 3.14. The number of hydrogen-bond acceptors (Lipinski definition) is 4. The van der Waals surface area contributed by atoms with E-state index in [0.717, 1.165) is 0 Å². The molecule has 4 rings (SSSR count). The molecule has 174 valence electrons. The summed E-state index contributed by atoms with van der Waals surface area (Å²) in [5, 5.41) is 13.5. The molecular formula is C24H25ClF2N4O2. The van der Waals surface area contributed by atoms with Crippen LogP contribution in [-0.4, -0.2) is 37.6 Å². The van der Waals surface area contributed by atoms with Gasteiger partial charge in [-0.25, -0.2) is 13.8 Å². The van der Waals surface area contributed by atoms with Crippen molar-refractivity contribution in [2.45, 2.75) is 45.4 Å². The van der Waals surface area contributed by atoms with Gasteiger partial charge in [0, 0.05) is 24.3 Å². The molecule has 1 aliphatic heterocycles. The fraction of sp³-hybridized carbons (Fsp3) is 0.333. The third-order valence-electron chi connectivity index (χ3n) is 5.92. The molecule has 0 radical (unpaired) electrons. The molecule has 1 amide bonds. The number of anilines is 2. The molecule has 1 atom stereocenters. The maximum Gasteiger partial charge on any atom is 0.225 e. The summed E-state index contributed by atoms with van der Waals surface area (Å²) in [7, 11) is 0. The number of amides is 1. The first-order valence-corrected chi connectivity index (χ1v) is 11.1. The van der Waals surface area contributed by atoms with E-state index in [9.17, 15) is 18.7 Å². The largest absolute Gasteiger partial charge is 0.390 e. The number of carbonyl (C=O) groups excluding carboxylic acids is 1. The summed E-state index contributed by atoms with van der Waals surface area (Å²) in [5.74, 6) is 0.196. The van der Waals surface area contributed by atoms with Crippen LogP contribution in [0.2, 0.25) is 5.02 Å². The Morgan fingerprint density at radius 1 is 1.21 bits per heavy atom. The Kier molecular flexibility index (Phi) is 6.41. The number of nitrogens with one attached hydrogen (secondary N) is 1. The molecule has 2 N–H and O–H groups in total. The summed E-state index contributed by atoms with van der Waals surface area (Å²) in [6.45, 7) is 4.65. The topological polar surface area (TPSA) is 70.4 Å².